The summed E-state index contributed by atoms with van der Waals surface area (Å²) in [5.41, 5.74) is 0.120. The Hall–Kier alpha value is -1.72. The summed E-state index contributed by atoms with van der Waals surface area (Å²) in [5, 5.41) is 8.94. The molecule has 2 rings (SSSR count). The Morgan fingerprint density at radius 2 is 2.11 bits per heavy atom. The summed E-state index contributed by atoms with van der Waals surface area (Å²) in [4.78, 5) is 3.65. The zero-order chi connectivity index (χ0) is 13.1. The highest BCUT2D eigenvalue weighted by Crippen LogP contribution is 2.29. The third kappa shape index (κ3) is 2.57. The van der Waals surface area contributed by atoms with Crippen molar-refractivity contribution in [3.05, 3.63) is 52.7 Å². The van der Waals surface area contributed by atoms with Crippen LogP contribution in [0.1, 0.15) is 5.56 Å². The van der Waals surface area contributed by atoms with Gasteiger partial charge in [0.15, 0.2) is 11.6 Å². The van der Waals surface area contributed by atoms with Crippen molar-refractivity contribution in [2.45, 2.75) is 6.61 Å². The first kappa shape index (κ1) is 12.7. The number of aliphatic hydroxyl groups excluding tert-OH is 1. The van der Waals surface area contributed by atoms with Crippen LogP contribution in [-0.2, 0) is 6.61 Å². The van der Waals surface area contributed by atoms with Crippen LogP contribution in [0.15, 0.2) is 30.5 Å². The number of hydrogen-bond donors (Lipinski definition) is 1. The van der Waals surface area contributed by atoms with Crippen LogP contribution in [0.5, 0.6) is 11.6 Å². The van der Waals surface area contributed by atoms with Gasteiger partial charge in [-0.15, -0.1) is 0 Å². The van der Waals surface area contributed by atoms with E-state index in [-0.39, 0.29) is 22.2 Å². The van der Waals surface area contributed by atoms with Gasteiger partial charge in [-0.25, -0.2) is 13.8 Å². The minimum absolute atomic E-state index is 0.0694. The molecule has 0 radical (unpaired) electrons. The Kier molecular flexibility index (Phi) is 3.74. The Labute approximate surface area is 107 Å². The van der Waals surface area contributed by atoms with Crippen molar-refractivity contribution in [1.29, 1.82) is 0 Å². The van der Waals surface area contributed by atoms with Crippen molar-refractivity contribution < 1.29 is 18.6 Å². The minimum Gasteiger partial charge on any atom is -0.436 e. The molecule has 0 aliphatic heterocycles. The Balaban J connectivity index is 2.37. The maximum absolute atomic E-state index is 13.6. The summed E-state index contributed by atoms with van der Waals surface area (Å²) < 4.78 is 31.6. The molecule has 94 valence electrons. The summed E-state index contributed by atoms with van der Waals surface area (Å²) >= 11 is 5.59. The minimum atomic E-state index is -0.741. The molecule has 0 bridgehead atoms. The van der Waals surface area contributed by atoms with Gasteiger partial charge in [0.05, 0.1) is 17.8 Å². The largest absolute Gasteiger partial charge is 0.436 e. The van der Waals surface area contributed by atoms with E-state index in [1.165, 1.54) is 18.2 Å². The summed E-state index contributed by atoms with van der Waals surface area (Å²) in [6, 6.07) is 5.29. The first-order chi connectivity index (χ1) is 8.61. The van der Waals surface area contributed by atoms with E-state index in [4.69, 9.17) is 21.4 Å². The molecule has 1 aromatic heterocycles. The molecule has 2 aromatic rings. The van der Waals surface area contributed by atoms with Crippen molar-refractivity contribution in [2.75, 3.05) is 0 Å². The van der Waals surface area contributed by atoms with Crippen LogP contribution in [0.2, 0.25) is 5.02 Å². The monoisotopic (exact) mass is 271 g/mol. The molecule has 0 atom stereocenters. The highest BCUT2D eigenvalue weighted by atomic mass is 35.5. The van der Waals surface area contributed by atoms with Crippen LogP contribution in [0.25, 0.3) is 0 Å². The van der Waals surface area contributed by atoms with Crippen LogP contribution in [0.3, 0.4) is 0 Å². The number of rotatable bonds is 3. The fraction of sp³-hybridized carbons (Fsp3) is 0.0833. The molecule has 0 aliphatic carbocycles. The van der Waals surface area contributed by atoms with Crippen LogP contribution in [-0.4, -0.2) is 10.1 Å². The lowest BCUT2D eigenvalue weighted by molar-refractivity contribution is 0.273. The van der Waals surface area contributed by atoms with E-state index in [1.54, 1.807) is 0 Å². The van der Waals surface area contributed by atoms with Crippen molar-refractivity contribution in [1.82, 2.24) is 4.98 Å². The molecular weight excluding hydrogens is 264 g/mol. The van der Waals surface area contributed by atoms with Gasteiger partial charge in [0.1, 0.15) is 5.82 Å². The highest BCUT2D eigenvalue weighted by Gasteiger charge is 2.12. The molecule has 0 saturated heterocycles. The Morgan fingerprint density at radius 3 is 2.83 bits per heavy atom. The van der Waals surface area contributed by atoms with Gasteiger partial charge in [0.2, 0.25) is 5.88 Å². The molecule has 6 heteroatoms. The van der Waals surface area contributed by atoms with E-state index in [1.807, 2.05) is 0 Å². The number of pyridine rings is 1. The van der Waals surface area contributed by atoms with Crippen LogP contribution in [0, 0.1) is 11.6 Å². The second-order valence-electron chi connectivity index (χ2n) is 3.43. The van der Waals surface area contributed by atoms with E-state index in [9.17, 15) is 8.78 Å². The lowest BCUT2D eigenvalue weighted by Crippen LogP contribution is -1.97. The molecule has 1 N–H and O–H groups in total. The van der Waals surface area contributed by atoms with Crippen LogP contribution in [0.4, 0.5) is 8.78 Å². The maximum atomic E-state index is 13.6. The van der Waals surface area contributed by atoms with Gasteiger partial charge in [-0.1, -0.05) is 17.7 Å². The molecule has 0 fully saturated rings. The molecule has 0 aliphatic rings. The number of nitrogens with zero attached hydrogens (tertiary/aromatic N) is 1. The number of hydrogen-bond acceptors (Lipinski definition) is 3. The van der Waals surface area contributed by atoms with Crippen molar-refractivity contribution in [3.8, 4) is 11.6 Å². The first-order valence-corrected chi connectivity index (χ1v) is 5.36. The second kappa shape index (κ2) is 5.29. The molecule has 1 aromatic carbocycles. The van der Waals surface area contributed by atoms with E-state index in [0.717, 1.165) is 12.3 Å². The van der Waals surface area contributed by atoms with Gasteiger partial charge in [-0.05, 0) is 18.2 Å². The number of aliphatic hydroxyl groups is 1. The van der Waals surface area contributed by atoms with E-state index in [0.29, 0.717) is 0 Å². The topological polar surface area (TPSA) is 42.4 Å². The molecule has 3 nitrogen and oxygen atoms in total. The Morgan fingerprint density at radius 1 is 1.33 bits per heavy atom. The van der Waals surface area contributed by atoms with Gasteiger partial charge >= 0.3 is 0 Å². The third-order valence-corrected chi connectivity index (χ3v) is 2.48. The molecule has 18 heavy (non-hydrogen) atoms. The zero-order valence-electron chi connectivity index (χ0n) is 9.03. The molecule has 0 unspecified atom stereocenters. The predicted octanol–water partition coefficient (Wildman–Crippen LogP) is 3.30. The Bertz CT molecular complexity index is 578. The predicted molar refractivity (Wildman–Crippen MR) is 61.6 cm³/mol. The van der Waals surface area contributed by atoms with Crippen LogP contribution < -0.4 is 4.74 Å². The third-order valence-electron chi connectivity index (χ3n) is 2.19. The van der Waals surface area contributed by atoms with Crippen molar-refractivity contribution in [3.63, 3.8) is 0 Å². The molecule has 0 amide bonds. The average molecular weight is 272 g/mol. The number of halogens is 3. The highest BCUT2D eigenvalue weighted by molar-refractivity contribution is 6.30. The number of ether oxygens (including phenoxy) is 1. The normalized spacial score (nSPS) is 10.4. The maximum Gasteiger partial charge on any atom is 0.225 e. The van der Waals surface area contributed by atoms with Crippen molar-refractivity contribution >= 4 is 11.6 Å². The van der Waals surface area contributed by atoms with Gasteiger partial charge in [0, 0.05) is 5.56 Å². The first-order valence-electron chi connectivity index (χ1n) is 4.99. The van der Waals surface area contributed by atoms with E-state index >= 15 is 0 Å². The van der Waals surface area contributed by atoms with E-state index in [2.05, 4.69) is 4.98 Å². The smallest absolute Gasteiger partial charge is 0.225 e. The van der Waals surface area contributed by atoms with Gasteiger partial charge in [-0.2, -0.15) is 0 Å². The standard InChI is InChI=1S/C12H8ClF2NO2/c13-9-2-1-3-10(11(9)15)18-12-7(6-17)4-8(14)5-16-12/h1-5,17H,6H2. The van der Waals surface area contributed by atoms with Gasteiger partial charge in [0.25, 0.3) is 0 Å². The summed E-state index contributed by atoms with van der Waals surface area (Å²) in [5.74, 6) is -1.57. The lowest BCUT2D eigenvalue weighted by atomic mass is 10.3. The lowest BCUT2D eigenvalue weighted by Gasteiger charge is -2.09. The summed E-state index contributed by atoms with van der Waals surface area (Å²) in [6.07, 6.45) is 0.914. The quantitative estimate of drug-likeness (QED) is 0.931. The fourth-order valence-electron chi connectivity index (χ4n) is 1.34. The SMILES string of the molecule is OCc1cc(F)cnc1Oc1cccc(Cl)c1F. The van der Waals surface area contributed by atoms with Crippen LogP contribution >= 0.6 is 11.6 Å². The molecule has 0 saturated carbocycles. The number of aromatic nitrogens is 1. The summed E-state index contributed by atoms with van der Waals surface area (Å²) in [7, 11) is 0. The number of benzene rings is 1. The fourth-order valence-corrected chi connectivity index (χ4v) is 1.51. The summed E-state index contributed by atoms with van der Waals surface area (Å²) in [6.45, 7) is -0.470. The second-order valence-corrected chi connectivity index (χ2v) is 3.84. The average Bonchev–Trinajstić information content (AvgIpc) is 2.37. The molecular formula is C12H8ClF2NO2. The molecule has 0 spiro atoms. The molecule has 1 heterocycles. The van der Waals surface area contributed by atoms with Gasteiger partial charge < -0.3 is 9.84 Å². The zero-order valence-corrected chi connectivity index (χ0v) is 9.79. The van der Waals surface area contributed by atoms with Crippen molar-refractivity contribution in [2.24, 2.45) is 0 Å². The van der Waals surface area contributed by atoms with Gasteiger partial charge in [-0.3, -0.25) is 0 Å². The van der Waals surface area contributed by atoms with E-state index < -0.39 is 18.2 Å².